The lowest BCUT2D eigenvalue weighted by Gasteiger charge is -2.12. The van der Waals surface area contributed by atoms with Crippen molar-refractivity contribution < 1.29 is 19.6 Å². The molecule has 1 rings (SSSR count). The number of carboxylic acids is 1. The van der Waals surface area contributed by atoms with E-state index in [0.717, 1.165) is 0 Å². The number of aliphatic hydroxyl groups excluding tert-OH is 1. The SMILES string of the molecule is CN(CCO)Cc1nonc1C(=O)O. The second-order valence-electron chi connectivity index (χ2n) is 2.83. The average Bonchev–Trinajstić information content (AvgIpc) is 2.52. The molecule has 0 aliphatic rings. The van der Waals surface area contributed by atoms with Gasteiger partial charge < -0.3 is 10.2 Å². The molecule has 0 spiro atoms. The van der Waals surface area contributed by atoms with E-state index in [1.165, 1.54) is 0 Å². The van der Waals surface area contributed by atoms with Crippen LogP contribution in [0.25, 0.3) is 0 Å². The molecule has 1 heterocycles. The van der Waals surface area contributed by atoms with Crippen molar-refractivity contribution in [3.8, 4) is 0 Å². The van der Waals surface area contributed by atoms with Gasteiger partial charge in [0.05, 0.1) is 6.61 Å². The molecule has 0 amide bonds. The number of aromatic carboxylic acids is 1. The van der Waals surface area contributed by atoms with E-state index in [4.69, 9.17) is 10.2 Å². The third-order valence-electron chi connectivity index (χ3n) is 1.66. The Hall–Kier alpha value is -1.47. The summed E-state index contributed by atoms with van der Waals surface area (Å²) in [7, 11) is 1.73. The lowest BCUT2D eigenvalue weighted by Crippen LogP contribution is -2.22. The predicted octanol–water partition coefficient (Wildman–Crippen LogP) is -0.808. The zero-order valence-corrected chi connectivity index (χ0v) is 7.67. The first-order valence-corrected chi connectivity index (χ1v) is 3.99. The summed E-state index contributed by atoms with van der Waals surface area (Å²) >= 11 is 0. The summed E-state index contributed by atoms with van der Waals surface area (Å²) in [6.45, 7) is 0.724. The van der Waals surface area contributed by atoms with Crippen LogP contribution >= 0.6 is 0 Å². The Kier molecular flexibility index (Phi) is 3.55. The maximum atomic E-state index is 10.6. The Balaban J connectivity index is 2.66. The zero-order chi connectivity index (χ0) is 10.6. The van der Waals surface area contributed by atoms with E-state index in [-0.39, 0.29) is 24.5 Å². The van der Waals surface area contributed by atoms with Crippen molar-refractivity contribution in [3.05, 3.63) is 11.4 Å². The molecule has 78 valence electrons. The van der Waals surface area contributed by atoms with Crippen LogP contribution in [0.2, 0.25) is 0 Å². The predicted molar refractivity (Wildman–Crippen MR) is 44.7 cm³/mol. The van der Waals surface area contributed by atoms with Gasteiger partial charge in [-0.25, -0.2) is 9.42 Å². The average molecular weight is 201 g/mol. The molecule has 7 nitrogen and oxygen atoms in total. The molecule has 0 aromatic carbocycles. The van der Waals surface area contributed by atoms with Gasteiger partial charge in [-0.3, -0.25) is 4.90 Å². The molecule has 0 saturated heterocycles. The van der Waals surface area contributed by atoms with E-state index >= 15 is 0 Å². The van der Waals surface area contributed by atoms with Crippen LogP contribution in [0.3, 0.4) is 0 Å². The van der Waals surface area contributed by atoms with Gasteiger partial charge in [-0.05, 0) is 12.2 Å². The number of nitrogens with zero attached hydrogens (tertiary/aromatic N) is 3. The van der Waals surface area contributed by atoms with E-state index in [9.17, 15) is 4.79 Å². The minimum absolute atomic E-state index is 0.00415. The van der Waals surface area contributed by atoms with Crippen molar-refractivity contribution in [2.45, 2.75) is 6.54 Å². The summed E-state index contributed by atoms with van der Waals surface area (Å²) in [5.74, 6) is -1.17. The van der Waals surface area contributed by atoms with Gasteiger partial charge in [-0.15, -0.1) is 0 Å². The first kappa shape index (κ1) is 10.6. The van der Waals surface area contributed by atoms with Crippen LogP contribution in [-0.4, -0.2) is 51.6 Å². The minimum atomic E-state index is -1.17. The molecule has 7 heteroatoms. The maximum absolute atomic E-state index is 10.6. The third-order valence-corrected chi connectivity index (χ3v) is 1.66. The fourth-order valence-electron chi connectivity index (χ4n) is 0.978. The number of aromatic nitrogens is 2. The molecule has 1 aromatic rings. The van der Waals surface area contributed by atoms with Crippen molar-refractivity contribution in [1.29, 1.82) is 0 Å². The molecular weight excluding hydrogens is 190 g/mol. The molecule has 0 saturated carbocycles. The van der Waals surface area contributed by atoms with Gasteiger partial charge in [0.1, 0.15) is 5.69 Å². The Labute approximate surface area is 79.9 Å². The van der Waals surface area contributed by atoms with Gasteiger partial charge in [0.15, 0.2) is 0 Å². The number of likely N-dealkylation sites (N-methyl/N-ethyl adjacent to an activating group) is 1. The van der Waals surface area contributed by atoms with Crippen LogP contribution in [0.1, 0.15) is 16.2 Å². The number of hydrogen-bond acceptors (Lipinski definition) is 6. The molecule has 0 radical (unpaired) electrons. The fraction of sp³-hybridized carbons (Fsp3) is 0.571. The largest absolute Gasteiger partial charge is 0.476 e. The molecule has 1 aromatic heterocycles. The highest BCUT2D eigenvalue weighted by atomic mass is 16.6. The van der Waals surface area contributed by atoms with Gasteiger partial charge in [0, 0.05) is 13.1 Å². The monoisotopic (exact) mass is 201 g/mol. The highest BCUT2D eigenvalue weighted by molar-refractivity contribution is 5.86. The molecular formula is C7H11N3O4. The van der Waals surface area contributed by atoms with Crippen LogP contribution in [0, 0.1) is 0 Å². The maximum Gasteiger partial charge on any atom is 0.360 e. The summed E-state index contributed by atoms with van der Waals surface area (Å²) < 4.78 is 4.32. The number of carbonyl (C=O) groups is 1. The second-order valence-corrected chi connectivity index (χ2v) is 2.83. The number of rotatable bonds is 5. The smallest absolute Gasteiger partial charge is 0.360 e. The number of hydrogen-bond donors (Lipinski definition) is 2. The minimum Gasteiger partial charge on any atom is -0.476 e. The molecule has 0 unspecified atom stereocenters. The Morgan fingerprint density at radius 1 is 1.57 bits per heavy atom. The van der Waals surface area contributed by atoms with E-state index in [2.05, 4.69) is 14.9 Å². The highest BCUT2D eigenvalue weighted by Gasteiger charge is 2.17. The highest BCUT2D eigenvalue weighted by Crippen LogP contribution is 2.05. The molecule has 0 atom stereocenters. The lowest BCUT2D eigenvalue weighted by atomic mass is 10.3. The summed E-state index contributed by atoms with van der Waals surface area (Å²) in [6.07, 6.45) is 0. The van der Waals surface area contributed by atoms with Gasteiger partial charge in [-0.2, -0.15) is 0 Å². The summed E-state index contributed by atoms with van der Waals surface area (Å²) in [6, 6.07) is 0. The van der Waals surface area contributed by atoms with E-state index in [1.54, 1.807) is 11.9 Å². The topological polar surface area (TPSA) is 99.7 Å². The Bertz CT molecular complexity index is 312. The summed E-state index contributed by atoms with van der Waals surface area (Å²) in [4.78, 5) is 12.3. The van der Waals surface area contributed by atoms with Crippen LogP contribution in [0.15, 0.2) is 4.63 Å². The Morgan fingerprint density at radius 2 is 2.29 bits per heavy atom. The molecule has 0 bridgehead atoms. The lowest BCUT2D eigenvalue weighted by molar-refractivity contribution is 0.0683. The van der Waals surface area contributed by atoms with Crippen molar-refractivity contribution in [1.82, 2.24) is 15.2 Å². The normalized spacial score (nSPS) is 10.8. The third kappa shape index (κ3) is 2.51. The zero-order valence-electron chi connectivity index (χ0n) is 7.67. The first-order valence-electron chi connectivity index (χ1n) is 3.99. The van der Waals surface area contributed by atoms with E-state index in [0.29, 0.717) is 6.54 Å². The van der Waals surface area contributed by atoms with Crippen LogP contribution < -0.4 is 0 Å². The van der Waals surface area contributed by atoms with Gasteiger partial charge in [0.2, 0.25) is 5.69 Å². The molecule has 2 N–H and O–H groups in total. The van der Waals surface area contributed by atoms with Gasteiger partial charge in [-0.1, -0.05) is 5.16 Å². The van der Waals surface area contributed by atoms with E-state index < -0.39 is 5.97 Å². The molecule has 0 aliphatic heterocycles. The van der Waals surface area contributed by atoms with Crippen molar-refractivity contribution >= 4 is 5.97 Å². The molecule has 0 fully saturated rings. The van der Waals surface area contributed by atoms with E-state index in [1.807, 2.05) is 0 Å². The standard InChI is InChI=1S/C7H11N3O4/c1-10(2-3-11)4-5-6(7(12)13)9-14-8-5/h11H,2-4H2,1H3,(H,12,13). The van der Waals surface area contributed by atoms with Crippen molar-refractivity contribution in [2.24, 2.45) is 0 Å². The van der Waals surface area contributed by atoms with Gasteiger partial charge in [0.25, 0.3) is 0 Å². The van der Waals surface area contributed by atoms with Crippen LogP contribution in [-0.2, 0) is 6.54 Å². The van der Waals surface area contributed by atoms with Crippen molar-refractivity contribution in [3.63, 3.8) is 0 Å². The second kappa shape index (κ2) is 4.68. The van der Waals surface area contributed by atoms with Crippen LogP contribution in [0.4, 0.5) is 0 Å². The fourth-order valence-corrected chi connectivity index (χ4v) is 0.978. The summed E-state index contributed by atoms with van der Waals surface area (Å²) in [5, 5.41) is 24.0. The first-order chi connectivity index (χ1) is 6.65. The van der Waals surface area contributed by atoms with Crippen LogP contribution in [0.5, 0.6) is 0 Å². The van der Waals surface area contributed by atoms with Gasteiger partial charge >= 0.3 is 5.97 Å². The van der Waals surface area contributed by atoms with Crippen molar-refractivity contribution in [2.75, 3.05) is 20.2 Å². The Morgan fingerprint density at radius 3 is 2.86 bits per heavy atom. The quantitative estimate of drug-likeness (QED) is 0.642. The molecule has 14 heavy (non-hydrogen) atoms. The number of carboxylic acid groups (broad SMARTS) is 1. The molecule has 0 aliphatic carbocycles. The summed E-state index contributed by atoms with van der Waals surface area (Å²) in [5.41, 5.74) is 0.0724. The number of aliphatic hydroxyl groups is 1.